The zero-order chi connectivity index (χ0) is 21.4. The van der Waals surface area contributed by atoms with Crippen molar-refractivity contribution in [1.82, 2.24) is 0 Å². The second-order valence-electron chi connectivity index (χ2n) is 7.02. The number of aliphatic hydroxyl groups is 4. The van der Waals surface area contributed by atoms with Gasteiger partial charge in [-0.25, -0.2) is 4.42 Å². The second-order valence-corrected chi connectivity index (χ2v) is 7.02. The Morgan fingerprint density at radius 1 is 0.867 bits per heavy atom. The molecular formula is C21H21O9+. The molecule has 158 valence electrons. The van der Waals surface area contributed by atoms with E-state index in [9.17, 15) is 30.6 Å². The van der Waals surface area contributed by atoms with Crippen LogP contribution < -0.4 is 4.74 Å². The summed E-state index contributed by atoms with van der Waals surface area (Å²) >= 11 is 0. The SMILES string of the molecule is OC[C@H]1O[C@@H](Oc2ccc3ccc(-c4ccc(O)c(O)c4)[o+]c3c2)[C@H](O)[C@@H](O)[C@@H]1O. The highest BCUT2D eigenvalue weighted by molar-refractivity contribution is 5.80. The molecule has 4 rings (SSSR count). The molecule has 6 N–H and O–H groups in total. The molecule has 0 saturated carbocycles. The summed E-state index contributed by atoms with van der Waals surface area (Å²) in [7, 11) is 0. The number of ether oxygens (including phenoxy) is 2. The lowest BCUT2D eigenvalue weighted by molar-refractivity contribution is -0.277. The first-order valence-electron chi connectivity index (χ1n) is 9.24. The summed E-state index contributed by atoms with van der Waals surface area (Å²) in [6.07, 6.45) is -6.93. The van der Waals surface area contributed by atoms with Gasteiger partial charge in [-0.3, -0.25) is 0 Å². The van der Waals surface area contributed by atoms with E-state index >= 15 is 0 Å². The zero-order valence-corrected chi connectivity index (χ0v) is 15.6. The van der Waals surface area contributed by atoms with Gasteiger partial charge < -0.3 is 40.1 Å². The smallest absolute Gasteiger partial charge is 0.364 e. The molecule has 2 aromatic carbocycles. The maximum Gasteiger partial charge on any atom is 0.364 e. The van der Waals surface area contributed by atoms with Crippen LogP contribution in [-0.2, 0) is 4.74 Å². The first-order chi connectivity index (χ1) is 14.4. The van der Waals surface area contributed by atoms with E-state index in [-0.39, 0.29) is 17.2 Å². The Balaban J connectivity index is 1.61. The first kappa shape index (κ1) is 20.3. The van der Waals surface area contributed by atoms with Crippen LogP contribution in [0.4, 0.5) is 0 Å². The second kappa shape index (κ2) is 8.05. The van der Waals surface area contributed by atoms with Gasteiger partial charge in [-0.2, -0.15) is 0 Å². The molecule has 0 amide bonds. The summed E-state index contributed by atoms with van der Waals surface area (Å²) in [6, 6.07) is 12.7. The molecule has 0 spiro atoms. The van der Waals surface area contributed by atoms with Crippen LogP contribution >= 0.6 is 0 Å². The Morgan fingerprint density at radius 3 is 2.37 bits per heavy atom. The van der Waals surface area contributed by atoms with Crippen LogP contribution in [0.1, 0.15) is 0 Å². The van der Waals surface area contributed by atoms with Crippen LogP contribution in [0.2, 0.25) is 0 Å². The van der Waals surface area contributed by atoms with Crippen LogP contribution in [0.25, 0.3) is 22.3 Å². The van der Waals surface area contributed by atoms with E-state index in [0.29, 0.717) is 16.9 Å². The van der Waals surface area contributed by atoms with Crippen LogP contribution in [0.15, 0.2) is 52.9 Å². The first-order valence-corrected chi connectivity index (χ1v) is 9.24. The molecule has 5 atom stereocenters. The topological polar surface area (TPSA) is 151 Å². The summed E-state index contributed by atoms with van der Waals surface area (Å²) < 4.78 is 16.8. The number of rotatable bonds is 4. The fraction of sp³-hybridized carbons (Fsp3) is 0.286. The molecule has 1 aliphatic rings. The van der Waals surface area contributed by atoms with Crippen molar-refractivity contribution in [1.29, 1.82) is 0 Å². The van der Waals surface area contributed by atoms with E-state index in [1.165, 1.54) is 12.1 Å². The normalized spacial score (nSPS) is 26.6. The van der Waals surface area contributed by atoms with E-state index in [1.807, 2.05) is 0 Å². The highest BCUT2D eigenvalue weighted by Gasteiger charge is 2.44. The fourth-order valence-corrected chi connectivity index (χ4v) is 3.26. The minimum atomic E-state index is -1.54. The molecule has 1 aliphatic heterocycles. The molecule has 30 heavy (non-hydrogen) atoms. The summed E-state index contributed by atoms with van der Waals surface area (Å²) in [5, 5.41) is 59.1. The molecule has 0 aliphatic carbocycles. The van der Waals surface area contributed by atoms with Crippen molar-refractivity contribution >= 4 is 11.0 Å². The van der Waals surface area contributed by atoms with Gasteiger partial charge in [-0.05, 0) is 30.3 Å². The van der Waals surface area contributed by atoms with Gasteiger partial charge in [0.05, 0.1) is 23.6 Å². The van der Waals surface area contributed by atoms with Gasteiger partial charge in [0.15, 0.2) is 11.5 Å². The van der Waals surface area contributed by atoms with Crippen molar-refractivity contribution in [2.45, 2.75) is 30.7 Å². The average Bonchev–Trinajstić information content (AvgIpc) is 2.75. The van der Waals surface area contributed by atoms with Gasteiger partial charge in [0.1, 0.15) is 30.2 Å². The molecule has 2 heterocycles. The van der Waals surface area contributed by atoms with Gasteiger partial charge in [-0.1, -0.05) is 0 Å². The highest BCUT2D eigenvalue weighted by atomic mass is 16.7. The van der Waals surface area contributed by atoms with Crippen molar-refractivity contribution in [2.24, 2.45) is 0 Å². The number of benzene rings is 2. The molecule has 9 nitrogen and oxygen atoms in total. The monoisotopic (exact) mass is 417 g/mol. The predicted molar refractivity (Wildman–Crippen MR) is 104 cm³/mol. The summed E-state index contributed by atoms with van der Waals surface area (Å²) in [4.78, 5) is 0. The number of aliphatic hydroxyl groups excluding tert-OH is 4. The number of aromatic hydroxyl groups is 2. The van der Waals surface area contributed by atoms with Crippen molar-refractivity contribution in [3.05, 3.63) is 48.5 Å². The Kier molecular flexibility index (Phi) is 5.46. The average molecular weight is 417 g/mol. The van der Waals surface area contributed by atoms with Crippen LogP contribution in [0, 0.1) is 0 Å². The van der Waals surface area contributed by atoms with Gasteiger partial charge in [0.25, 0.3) is 0 Å². The van der Waals surface area contributed by atoms with E-state index in [0.717, 1.165) is 5.39 Å². The number of phenolic OH excluding ortho intramolecular Hbond substituents is 2. The molecule has 1 fully saturated rings. The van der Waals surface area contributed by atoms with E-state index in [1.54, 1.807) is 36.4 Å². The Hall–Kier alpha value is -2.95. The van der Waals surface area contributed by atoms with Gasteiger partial charge in [-0.15, -0.1) is 0 Å². The standard InChI is InChI=1S/C21H20O9/c22-9-17-18(25)19(26)20(27)21(30-17)28-12-4-1-10-3-6-15(29-16(10)8-12)11-2-5-13(23)14(24)7-11/h1-8,17-22,25-27H,9H2,(H-,23,24)/p+1/t17-,18-,19+,20-,21-/m1/s1. The van der Waals surface area contributed by atoms with Gasteiger partial charge >= 0.3 is 11.3 Å². The van der Waals surface area contributed by atoms with Gasteiger partial charge in [0.2, 0.25) is 6.29 Å². The van der Waals surface area contributed by atoms with E-state index in [4.69, 9.17) is 13.9 Å². The van der Waals surface area contributed by atoms with Crippen molar-refractivity contribution in [2.75, 3.05) is 6.61 Å². The Labute approximate surface area is 170 Å². The number of hydrogen-bond acceptors (Lipinski definition) is 8. The molecule has 0 bridgehead atoms. The fourth-order valence-electron chi connectivity index (χ4n) is 3.26. The lowest BCUT2D eigenvalue weighted by atomic mass is 9.99. The van der Waals surface area contributed by atoms with Gasteiger partial charge in [0, 0.05) is 12.1 Å². The number of phenols is 2. The Morgan fingerprint density at radius 2 is 1.63 bits per heavy atom. The summed E-state index contributed by atoms with van der Waals surface area (Å²) in [5.74, 6) is 0.182. The molecule has 9 heteroatoms. The van der Waals surface area contributed by atoms with Crippen LogP contribution in [0.3, 0.4) is 0 Å². The highest BCUT2D eigenvalue weighted by Crippen LogP contribution is 2.33. The van der Waals surface area contributed by atoms with E-state index in [2.05, 4.69) is 0 Å². The largest absolute Gasteiger partial charge is 0.504 e. The third kappa shape index (κ3) is 3.76. The predicted octanol–water partition coefficient (Wildman–Crippen LogP) is 0.971. The van der Waals surface area contributed by atoms with Crippen molar-refractivity contribution in [3.8, 4) is 28.6 Å². The van der Waals surface area contributed by atoms with E-state index < -0.39 is 37.3 Å². The molecule has 1 aromatic heterocycles. The maximum atomic E-state index is 10.1. The number of fused-ring (bicyclic) bond motifs is 1. The lowest BCUT2D eigenvalue weighted by Gasteiger charge is -2.39. The molecular weight excluding hydrogens is 396 g/mol. The van der Waals surface area contributed by atoms with Crippen LogP contribution in [0.5, 0.6) is 17.2 Å². The molecule has 1 saturated heterocycles. The zero-order valence-electron chi connectivity index (χ0n) is 15.6. The quantitative estimate of drug-likeness (QED) is 0.269. The molecule has 0 radical (unpaired) electrons. The van der Waals surface area contributed by atoms with Crippen molar-refractivity contribution in [3.63, 3.8) is 0 Å². The van der Waals surface area contributed by atoms with Crippen molar-refractivity contribution < 1.29 is 44.5 Å². The third-order valence-electron chi connectivity index (χ3n) is 4.98. The molecule has 0 unspecified atom stereocenters. The Bertz CT molecular complexity index is 1050. The third-order valence-corrected chi connectivity index (χ3v) is 4.98. The minimum absolute atomic E-state index is 0.241. The van der Waals surface area contributed by atoms with Crippen LogP contribution in [-0.4, -0.2) is 68.0 Å². The number of hydrogen-bond donors (Lipinski definition) is 6. The minimum Gasteiger partial charge on any atom is -0.504 e. The summed E-state index contributed by atoms with van der Waals surface area (Å²) in [6.45, 7) is -0.555. The molecule has 3 aromatic rings. The summed E-state index contributed by atoms with van der Waals surface area (Å²) in [5.41, 5.74) is 0.981. The lowest BCUT2D eigenvalue weighted by Crippen LogP contribution is -2.60. The maximum absolute atomic E-state index is 10.1.